The summed E-state index contributed by atoms with van der Waals surface area (Å²) in [6.45, 7) is 3.73. The van der Waals surface area contributed by atoms with Crippen molar-refractivity contribution < 1.29 is 9.90 Å². The summed E-state index contributed by atoms with van der Waals surface area (Å²) < 4.78 is 0. The number of aromatic hydroxyl groups is 1. The van der Waals surface area contributed by atoms with Gasteiger partial charge < -0.3 is 16.2 Å². The third kappa shape index (κ3) is 3.20. The van der Waals surface area contributed by atoms with Crippen molar-refractivity contribution in [3.05, 3.63) is 17.8 Å². The number of pyridine rings is 1. The largest absolute Gasteiger partial charge is 0.504 e. The molecule has 0 aliphatic heterocycles. The van der Waals surface area contributed by atoms with Crippen LogP contribution in [0.25, 0.3) is 0 Å². The molecule has 1 aromatic rings. The Labute approximate surface area is 94.7 Å². The number of aryl methyl sites for hydroxylation is 1. The van der Waals surface area contributed by atoms with Crippen LogP contribution in [0.2, 0.25) is 0 Å². The number of rotatable bonds is 4. The zero-order valence-corrected chi connectivity index (χ0v) is 9.53. The number of hydrogen-bond donors (Lipinski definition) is 3. The summed E-state index contributed by atoms with van der Waals surface area (Å²) in [5.41, 5.74) is 6.36. The predicted octanol–water partition coefficient (Wildman–Crippen LogP) is 1.16. The van der Waals surface area contributed by atoms with Gasteiger partial charge in [0.2, 0.25) is 5.91 Å². The maximum absolute atomic E-state index is 11.6. The van der Waals surface area contributed by atoms with Gasteiger partial charge in [0.1, 0.15) is 0 Å². The van der Waals surface area contributed by atoms with Gasteiger partial charge in [-0.15, -0.1) is 0 Å². The van der Waals surface area contributed by atoms with Crippen molar-refractivity contribution in [2.75, 3.05) is 5.32 Å². The van der Waals surface area contributed by atoms with E-state index in [-0.39, 0.29) is 17.5 Å². The smallest absolute Gasteiger partial charge is 0.242 e. The van der Waals surface area contributed by atoms with Crippen LogP contribution < -0.4 is 11.1 Å². The second kappa shape index (κ2) is 5.46. The van der Waals surface area contributed by atoms with Crippen LogP contribution in [0.5, 0.6) is 5.75 Å². The molecule has 0 aliphatic carbocycles. The Morgan fingerprint density at radius 3 is 2.94 bits per heavy atom. The van der Waals surface area contributed by atoms with Gasteiger partial charge >= 0.3 is 0 Å². The Morgan fingerprint density at radius 2 is 2.31 bits per heavy atom. The molecule has 0 aliphatic rings. The molecule has 1 amide bonds. The summed E-state index contributed by atoms with van der Waals surface area (Å²) in [5.74, 6) is -0.213. The standard InChI is InChI=1S/C11H17N3O2/c1-3-4-8(12)11(16)14-10-9(15)6-5-7(2)13-10/h5-6,8,15H,3-4,12H2,1-2H3,(H,13,14,16). The Bertz CT molecular complexity index is 379. The first-order valence-electron chi connectivity index (χ1n) is 5.27. The molecule has 16 heavy (non-hydrogen) atoms. The molecule has 5 nitrogen and oxygen atoms in total. The number of nitrogens with two attached hydrogens (primary N) is 1. The molecular formula is C11H17N3O2. The van der Waals surface area contributed by atoms with Gasteiger partial charge in [0.25, 0.3) is 0 Å². The number of aromatic nitrogens is 1. The Balaban J connectivity index is 2.72. The monoisotopic (exact) mass is 223 g/mol. The lowest BCUT2D eigenvalue weighted by molar-refractivity contribution is -0.117. The van der Waals surface area contributed by atoms with Gasteiger partial charge in [0.15, 0.2) is 11.6 Å². The molecule has 1 aromatic heterocycles. The summed E-state index contributed by atoms with van der Waals surface area (Å²) >= 11 is 0. The average Bonchev–Trinajstić information content (AvgIpc) is 2.23. The van der Waals surface area contributed by atoms with E-state index in [0.29, 0.717) is 6.42 Å². The minimum absolute atomic E-state index is 0.0531. The van der Waals surface area contributed by atoms with Gasteiger partial charge in [-0.2, -0.15) is 0 Å². The van der Waals surface area contributed by atoms with Crippen LogP contribution in [0.15, 0.2) is 12.1 Å². The van der Waals surface area contributed by atoms with Gasteiger partial charge in [-0.05, 0) is 25.5 Å². The third-order valence-corrected chi connectivity index (χ3v) is 2.19. The fraction of sp³-hybridized carbons (Fsp3) is 0.455. The van der Waals surface area contributed by atoms with E-state index in [1.807, 2.05) is 6.92 Å². The number of carbonyl (C=O) groups excluding carboxylic acids is 1. The quantitative estimate of drug-likeness (QED) is 0.714. The zero-order valence-electron chi connectivity index (χ0n) is 9.53. The first-order valence-corrected chi connectivity index (χ1v) is 5.27. The van der Waals surface area contributed by atoms with Crippen molar-refractivity contribution in [3.63, 3.8) is 0 Å². The molecular weight excluding hydrogens is 206 g/mol. The van der Waals surface area contributed by atoms with Crippen LogP contribution in [0, 0.1) is 6.92 Å². The number of carbonyl (C=O) groups is 1. The number of amides is 1. The second-order valence-electron chi connectivity index (χ2n) is 3.70. The highest BCUT2D eigenvalue weighted by atomic mass is 16.3. The molecule has 1 rings (SSSR count). The zero-order chi connectivity index (χ0) is 12.1. The second-order valence-corrected chi connectivity index (χ2v) is 3.70. The maximum Gasteiger partial charge on any atom is 0.242 e. The highest BCUT2D eigenvalue weighted by Gasteiger charge is 2.14. The molecule has 0 bridgehead atoms. The Morgan fingerprint density at radius 1 is 1.62 bits per heavy atom. The van der Waals surface area contributed by atoms with Crippen LogP contribution in [-0.4, -0.2) is 22.0 Å². The Kier molecular flexibility index (Phi) is 4.25. The molecule has 0 radical (unpaired) electrons. The summed E-state index contributed by atoms with van der Waals surface area (Å²) in [6, 6.07) is 2.59. The molecule has 0 fully saturated rings. The van der Waals surface area contributed by atoms with Gasteiger partial charge in [0.05, 0.1) is 6.04 Å². The van der Waals surface area contributed by atoms with E-state index in [1.165, 1.54) is 6.07 Å². The molecule has 1 atom stereocenters. The van der Waals surface area contributed by atoms with Crippen LogP contribution in [0.4, 0.5) is 5.82 Å². The predicted molar refractivity (Wildman–Crippen MR) is 62.2 cm³/mol. The van der Waals surface area contributed by atoms with Crippen LogP contribution >= 0.6 is 0 Å². The minimum atomic E-state index is -0.563. The summed E-state index contributed by atoms with van der Waals surface area (Å²) in [5, 5.41) is 12.0. The number of nitrogens with zero attached hydrogens (tertiary/aromatic N) is 1. The van der Waals surface area contributed by atoms with E-state index < -0.39 is 6.04 Å². The van der Waals surface area contributed by atoms with Crippen molar-refractivity contribution in [1.29, 1.82) is 0 Å². The summed E-state index contributed by atoms with van der Waals surface area (Å²) in [7, 11) is 0. The minimum Gasteiger partial charge on any atom is -0.504 e. The van der Waals surface area contributed by atoms with E-state index in [9.17, 15) is 9.90 Å². The summed E-state index contributed by atoms with van der Waals surface area (Å²) in [4.78, 5) is 15.6. The van der Waals surface area contributed by atoms with Crippen molar-refractivity contribution in [3.8, 4) is 5.75 Å². The molecule has 0 saturated carbocycles. The fourth-order valence-electron chi connectivity index (χ4n) is 1.29. The fourth-order valence-corrected chi connectivity index (χ4v) is 1.29. The van der Waals surface area contributed by atoms with Crippen LogP contribution in [0.3, 0.4) is 0 Å². The Hall–Kier alpha value is -1.62. The number of nitrogens with one attached hydrogen (secondary N) is 1. The molecule has 0 saturated heterocycles. The normalized spacial score (nSPS) is 12.2. The van der Waals surface area contributed by atoms with E-state index in [2.05, 4.69) is 10.3 Å². The molecule has 4 N–H and O–H groups in total. The molecule has 0 spiro atoms. The lowest BCUT2D eigenvalue weighted by Gasteiger charge is -2.11. The van der Waals surface area contributed by atoms with Gasteiger partial charge in [0, 0.05) is 5.69 Å². The highest BCUT2D eigenvalue weighted by molar-refractivity contribution is 5.94. The molecule has 88 valence electrons. The lowest BCUT2D eigenvalue weighted by atomic mass is 10.2. The maximum atomic E-state index is 11.6. The van der Waals surface area contributed by atoms with E-state index in [1.54, 1.807) is 13.0 Å². The van der Waals surface area contributed by atoms with Crippen molar-refractivity contribution in [2.45, 2.75) is 32.7 Å². The topological polar surface area (TPSA) is 88.2 Å². The number of hydrogen-bond acceptors (Lipinski definition) is 4. The molecule has 0 aromatic carbocycles. The van der Waals surface area contributed by atoms with Crippen LogP contribution in [0.1, 0.15) is 25.5 Å². The van der Waals surface area contributed by atoms with Crippen molar-refractivity contribution in [1.82, 2.24) is 4.98 Å². The third-order valence-electron chi connectivity index (χ3n) is 2.19. The van der Waals surface area contributed by atoms with E-state index in [4.69, 9.17) is 5.73 Å². The highest BCUT2D eigenvalue weighted by Crippen LogP contribution is 2.20. The van der Waals surface area contributed by atoms with E-state index in [0.717, 1.165) is 12.1 Å². The van der Waals surface area contributed by atoms with Crippen molar-refractivity contribution in [2.24, 2.45) is 5.73 Å². The first kappa shape index (κ1) is 12.4. The van der Waals surface area contributed by atoms with Gasteiger partial charge in [-0.3, -0.25) is 4.79 Å². The summed E-state index contributed by atoms with van der Waals surface area (Å²) in [6.07, 6.45) is 1.44. The average molecular weight is 223 g/mol. The van der Waals surface area contributed by atoms with Gasteiger partial charge in [-0.25, -0.2) is 4.98 Å². The van der Waals surface area contributed by atoms with Gasteiger partial charge in [-0.1, -0.05) is 13.3 Å². The lowest BCUT2D eigenvalue weighted by Crippen LogP contribution is -2.35. The van der Waals surface area contributed by atoms with E-state index >= 15 is 0 Å². The molecule has 5 heteroatoms. The number of anilines is 1. The molecule has 1 heterocycles. The van der Waals surface area contributed by atoms with Crippen molar-refractivity contribution >= 4 is 11.7 Å². The molecule has 1 unspecified atom stereocenters. The first-order chi connectivity index (χ1) is 7.54. The van der Waals surface area contributed by atoms with Crippen LogP contribution in [-0.2, 0) is 4.79 Å². The SMILES string of the molecule is CCCC(N)C(=O)Nc1nc(C)ccc1O.